The van der Waals surface area contributed by atoms with Crippen LogP contribution < -0.4 is 5.32 Å². The smallest absolute Gasteiger partial charge is 0.306 e. The predicted octanol–water partition coefficient (Wildman–Crippen LogP) is 4.47. The van der Waals surface area contributed by atoms with Crippen LogP contribution in [-0.2, 0) is 20.7 Å². The first-order chi connectivity index (χ1) is 14.0. The molecule has 29 heavy (non-hydrogen) atoms. The lowest BCUT2D eigenvalue weighted by molar-refractivity contribution is -0.154. The summed E-state index contributed by atoms with van der Waals surface area (Å²) in [7, 11) is 0. The lowest BCUT2D eigenvalue weighted by Gasteiger charge is -2.16. The highest BCUT2D eigenvalue weighted by Gasteiger charge is 2.18. The van der Waals surface area contributed by atoms with Gasteiger partial charge in [-0.05, 0) is 43.4 Å². The highest BCUT2D eigenvalue weighted by Crippen LogP contribution is 2.22. The molecule has 1 heterocycles. The number of hydrogen-bond acceptors (Lipinski definition) is 5. The Morgan fingerprint density at radius 3 is 2.55 bits per heavy atom. The fourth-order valence-corrected chi connectivity index (χ4v) is 4.03. The van der Waals surface area contributed by atoms with Gasteiger partial charge in [0.05, 0.1) is 15.2 Å². The molecule has 6 heteroatoms. The molecular weight excluding hydrogens is 384 g/mol. The van der Waals surface area contributed by atoms with E-state index in [1.807, 2.05) is 61.5 Å². The molecule has 0 unspecified atom stereocenters. The monoisotopic (exact) mass is 410 g/mol. The predicted molar refractivity (Wildman–Crippen MR) is 116 cm³/mol. The topological polar surface area (TPSA) is 68.3 Å². The summed E-state index contributed by atoms with van der Waals surface area (Å²) < 4.78 is 6.43. The zero-order valence-corrected chi connectivity index (χ0v) is 17.6. The molecule has 3 aromatic rings. The van der Waals surface area contributed by atoms with E-state index in [0.717, 1.165) is 27.2 Å². The summed E-state index contributed by atoms with van der Waals surface area (Å²) in [6.07, 6.45) is 0.850. The van der Waals surface area contributed by atoms with Crippen LogP contribution in [0.1, 0.15) is 43.2 Å². The first-order valence-electron chi connectivity index (χ1n) is 9.89. The summed E-state index contributed by atoms with van der Waals surface area (Å²) in [4.78, 5) is 28.8. The van der Waals surface area contributed by atoms with Crippen molar-refractivity contribution in [2.75, 3.05) is 6.54 Å². The van der Waals surface area contributed by atoms with Crippen molar-refractivity contribution < 1.29 is 14.3 Å². The maximum atomic E-state index is 12.2. The first kappa shape index (κ1) is 21.0. The molecule has 0 aliphatic heterocycles. The Hall–Kier alpha value is -2.73. The van der Waals surface area contributed by atoms with E-state index in [2.05, 4.69) is 10.3 Å². The summed E-state index contributed by atoms with van der Waals surface area (Å²) in [6.45, 7) is 4.16. The number of rotatable bonds is 9. The van der Waals surface area contributed by atoms with E-state index in [1.165, 1.54) is 0 Å². The largest absolute Gasteiger partial charge is 0.453 e. The van der Waals surface area contributed by atoms with Crippen molar-refractivity contribution in [3.8, 4) is 0 Å². The van der Waals surface area contributed by atoms with Gasteiger partial charge in [-0.2, -0.15) is 0 Å². The normalized spacial score (nSPS) is 13.0. The van der Waals surface area contributed by atoms with Gasteiger partial charge in [-0.15, -0.1) is 11.3 Å². The third kappa shape index (κ3) is 6.12. The Kier molecular flexibility index (Phi) is 7.36. The summed E-state index contributed by atoms with van der Waals surface area (Å²) in [6, 6.07) is 18.0. The number of fused-ring (bicyclic) bond motifs is 1. The van der Waals surface area contributed by atoms with Crippen LogP contribution in [0.25, 0.3) is 10.2 Å². The molecular formula is C23H26N2O3S. The fraction of sp³-hybridized carbons (Fsp3) is 0.348. The third-order valence-electron chi connectivity index (χ3n) is 4.74. The van der Waals surface area contributed by atoms with Gasteiger partial charge >= 0.3 is 5.97 Å². The standard InChI is InChI=1S/C23H26N2O3S/c1-16(18-9-4-3-5-10-18)15-24-23(27)17(2)28-22(26)14-8-13-21-25-19-11-6-7-12-20(19)29-21/h3-7,9-12,16-17H,8,13-15H2,1-2H3,(H,24,27)/t16-,17+/m1/s1. The number of ether oxygens (including phenoxy) is 1. The number of hydrogen-bond donors (Lipinski definition) is 1. The minimum atomic E-state index is -0.798. The van der Waals surface area contributed by atoms with Gasteiger partial charge < -0.3 is 10.1 Å². The fourth-order valence-electron chi connectivity index (χ4n) is 3.02. The zero-order chi connectivity index (χ0) is 20.6. The Morgan fingerprint density at radius 2 is 1.79 bits per heavy atom. The van der Waals surface area contributed by atoms with Gasteiger partial charge in [-0.1, -0.05) is 49.4 Å². The van der Waals surface area contributed by atoms with Crippen LogP contribution in [0.4, 0.5) is 0 Å². The maximum absolute atomic E-state index is 12.2. The molecule has 3 rings (SSSR count). The molecule has 1 aromatic heterocycles. The first-order valence-corrected chi connectivity index (χ1v) is 10.7. The Bertz CT molecular complexity index is 922. The van der Waals surface area contributed by atoms with E-state index in [-0.39, 0.29) is 24.2 Å². The number of esters is 1. The summed E-state index contributed by atoms with van der Waals surface area (Å²) >= 11 is 1.65. The highest BCUT2D eigenvalue weighted by molar-refractivity contribution is 7.18. The highest BCUT2D eigenvalue weighted by atomic mass is 32.1. The Balaban J connectivity index is 1.37. The average Bonchev–Trinajstić information content (AvgIpc) is 3.15. The molecule has 0 spiro atoms. The second kappa shape index (κ2) is 10.2. The number of nitrogens with one attached hydrogen (secondary N) is 1. The molecule has 2 aromatic carbocycles. The molecule has 0 aliphatic rings. The minimum absolute atomic E-state index is 0.192. The van der Waals surface area contributed by atoms with Gasteiger partial charge in [-0.25, -0.2) is 4.98 Å². The number of benzene rings is 2. The van der Waals surface area contributed by atoms with Crippen molar-refractivity contribution in [3.63, 3.8) is 0 Å². The van der Waals surface area contributed by atoms with Gasteiger partial charge in [0.1, 0.15) is 0 Å². The molecule has 0 aliphatic carbocycles. The number of carbonyl (C=O) groups is 2. The Labute approximate surface area is 175 Å². The van der Waals surface area contributed by atoms with Gasteiger partial charge in [0, 0.05) is 13.0 Å². The summed E-state index contributed by atoms with van der Waals surface area (Å²) in [5.74, 6) is -0.436. The number of aromatic nitrogens is 1. The number of para-hydroxylation sites is 1. The van der Waals surface area contributed by atoms with E-state index in [9.17, 15) is 9.59 Å². The van der Waals surface area contributed by atoms with E-state index in [4.69, 9.17) is 4.74 Å². The van der Waals surface area contributed by atoms with E-state index < -0.39 is 6.10 Å². The van der Waals surface area contributed by atoms with Crippen LogP contribution in [0.2, 0.25) is 0 Å². The van der Waals surface area contributed by atoms with Crippen molar-refractivity contribution >= 4 is 33.4 Å². The zero-order valence-electron chi connectivity index (χ0n) is 16.8. The molecule has 0 fully saturated rings. The second-order valence-electron chi connectivity index (χ2n) is 7.12. The van der Waals surface area contributed by atoms with Crippen LogP contribution in [0, 0.1) is 0 Å². The molecule has 5 nitrogen and oxygen atoms in total. The van der Waals surface area contributed by atoms with Gasteiger partial charge in [-0.3, -0.25) is 9.59 Å². The lowest BCUT2D eigenvalue weighted by Crippen LogP contribution is -2.37. The minimum Gasteiger partial charge on any atom is -0.453 e. The SMILES string of the molecule is C[C@H](OC(=O)CCCc1nc2ccccc2s1)C(=O)NC[C@@H](C)c1ccccc1. The lowest BCUT2D eigenvalue weighted by atomic mass is 10.0. The van der Waals surface area contributed by atoms with E-state index >= 15 is 0 Å². The molecule has 152 valence electrons. The van der Waals surface area contributed by atoms with Crippen LogP contribution in [0.3, 0.4) is 0 Å². The molecule has 0 saturated heterocycles. The molecule has 1 N–H and O–H groups in total. The van der Waals surface area contributed by atoms with Crippen molar-refractivity contribution in [3.05, 3.63) is 65.2 Å². The van der Waals surface area contributed by atoms with Crippen LogP contribution >= 0.6 is 11.3 Å². The molecule has 0 radical (unpaired) electrons. The number of nitrogens with zero attached hydrogens (tertiary/aromatic N) is 1. The Morgan fingerprint density at radius 1 is 1.07 bits per heavy atom. The van der Waals surface area contributed by atoms with Gasteiger partial charge in [0.15, 0.2) is 6.10 Å². The molecule has 2 atom stereocenters. The summed E-state index contributed by atoms with van der Waals surface area (Å²) in [5, 5.41) is 3.87. The van der Waals surface area contributed by atoms with E-state index in [1.54, 1.807) is 18.3 Å². The quantitative estimate of drug-likeness (QED) is 0.529. The van der Waals surface area contributed by atoms with E-state index in [0.29, 0.717) is 13.0 Å². The van der Waals surface area contributed by atoms with Crippen molar-refractivity contribution in [2.24, 2.45) is 0 Å². The summed E-state index contributed by atoms with van der Waals surface area (Å²) in [5.41, 5.74) is 2.15. The molecule has 1 amide bonds. The van der Waals surface area contributed by atoms with Crippen molar-refractivity contribution in [2.45, 2.75) is 45.1 Å². The van der Waals surface area contributed by atoms with Crippen LogP contribution in [-0.4, -0.2) is 29.5 Å². The maximum Gasteiger partial charge on any atom is 0.306 e. The third-order valence-corrected chi connectivity index (χ3v) is 5.83. The number of amides is 1. The van der Waals surface area contributed by atoms with Crippen molar-refractivity contribution in [1.29, 1.82) is 0 Å². The molecule has 0 saturated carbocycles. The molecule has 0 bridgehead atoms. The van der Waals surface area contributed by atoms with Crippen molar-refractivity contribution in [1.82, 2.24) is 10.3 Å². The number of thiazole rings is 1. The van der Waals surface area contributed by atoms with Crippen LogP contribution in [0.5, 0.6) is 0 Å². The number of carbonyl (C=O) groups excluding carboxylic acids is 2. The second-order valence-corrected chi connectivity index (χ2v) is 8.23. The average molecular weight is 411 g/mol. The van der Waals surface area contributed by atoms with Crippen LogP contribution in [0.15, 0.2) is 54.6 Å². The van der Waals surface area contributed by atoms with Gasteiger partial charge in [0.25, 0.3) is 5.91 Å². The van der Waals surface area contributed by atoms with Gasteiger partial charge in [0.2, 0.25) is 0 Å². The number of aryl methyl sites for hydroxylation is 1.